The Labute approximate surface area is 90.6 Å². The fourth-order valence-corrected chi connectivity index (χ4v) is 2.43. The first kappa shape index (κ1) is 10.9. The molecule has 0 bridgehead atoms. The van der Waals surface area contributed by atoms with Crippen LogP contribution in [-0.2, 0) is 4.79 Å². The summed E-state index contributed by atoms with van der Waals surface area (Å²) < 4.78 is 0. The Kier molecular flexibility index (Phi) is 3.59. The van der Waals surface area contributed by atoms with Crippen molar-refractivity contribution in [1.29, 1.82) is 0 Å². The molecule has 0 radical (unpaired) electrons. The number of nitrogens with one attached hydrogen (secondary N) is 1. The van der Waals surface area contributed by atoms with Gasteiger partial charge in [0, 0.05) is 19.5 Å². The van der Waals surface area contributed by atoms with E-state index in [1.165, 1.54) is 0 Å². The molecule has 4 heteroatoms. The second kappa shape index (κ2) is 4.94. The molecule has 15 heavy (non-hydrogen) atoms. The minimum Gasteiger partial charge on any atom is -0.391 e. The van der Waals surface area contributed by atoms with Gasteiger partial charge >= 0.3 is 0 Å². The molecule has 2 N–H and O–H groups in total. The maximum Gasteiger partial charge on any atom is 0.222 e. The van der Waals surface area contributed by atoms with Gasteiger partial charge in [-0.2, -0.15) is 0 Å². The van der Waals surface area contributed by atoms with Crippen LogP contribution in [0.3, 0.4) is 0 Å². The van der Waals surface area contributed by atoms with Crippen LogP contribution in [0.5, 0.6) is 0 Å². The summed E-state index contributed by atoms with van der Waals surface area (Å²) in [5.74, 6) is 0.787. The van der Waals surface area contributed by atoms with Crippen molar-refractivity contribution in [2.24, 2.45) is 5.92 Å². The van der Waals surface area contributed by atoms with Crippen molar-refractivity contribution in [2.45, 2.75) is 31.8 Å². The van der Waals surface area contributed by atoms with Crippen molar-refractivity contribution in [2.75, 3.05) is 26.2 Å². The minimum absolute atomic E-state index is 0.235. The molecule has 0 aromatic heterocycles. The Morgan fingerprint density at radius 3 is 2.67 bits per heavy atom. The van der Waals surface area contributed by atoms with Gasteiger partial charge in [0.1, 0.15) is 0 Å². The fraction of sp³-hybridized carbons (Fsp3) is 0.909. The number of nitrogens with zero attached hydrogens (tertiary/aromatic N) is 1. The summed E-state index contributed by atoms with van der Waals surface area (Å²) >= 11 is 0. The molecule has 2 aliphatic heterocycles. The van der Waals surface area contributed by atoms with E-state index < -0.39 is 0 Å². The highest BCUT2D eigenvalue weighted by molar-refractivity contribution is 5.76. The largest absolute Gasteiger partial charge is 0.391 e. The third-order valence-electron chi connectivity index (χ3n) is 3.44. The SMILES string of the molecule is O=C(CC1CCNCC1)N1CC[C@@H](O)C1. The molecule has 2 heterocycles. The van der Waals surface area contributed by atoms with Crippen molar-refractivity contribution in [3.8, 4) is 0 Å². The van der Waals surface area contributed by atoms with Crippen LogP contribution >= 0.6 is 0 Å². The van der Waals surface area contributed by atoms with Gasteiger partial charge in [-0.3, -0.25) is 4.79 Å². The average Bonchev–Trinajstić information content (AvgIpc) is 2.66. The third-order valence-corrected chi connectivity index (χ3v) is 3.44. The molecule has 0 unspecified atom stereocenters. The van der Waals surface area contributed by atoms with E-state index in [9.17, 15) is 9.90 Å². The van der Waals surface area contributed by atoms with E-state index >= 15 is 0 Å². The topological polar surface area (TPSA) is 52.6 Å². The van der Waals surface area contributed by atoms with Crippen molar-refractivity contribution in [1.82, 2.24) is 10.2 Å². The van der Waals surface area contributed by atoms with Gasteiger partial charge in [0.2, 0.25) is 5.91 Å². The van der Waals surface area contributed by atoms with Gasteiger partial charge in [0.15, 0.2) is 0 Å². The highest BCUT2D eigenvalue weighted by atomic mass is 16.3. The molecule has 2 saturated heterocycles. The van der Waals surface area contributed by atoms with Crippen LogP contribution < -0.4 is 5.32 Å². The highest BCUT2D eigenvalue weighted by Crippen LogP contribution is 2.19. The number of piperidine rings is 1. The smallest absolute Gasteiger partial charge is 0.222 e. The molecule has 2 aliphatic rings. The van der Waals surface area contributed by atoms with Gasteiger partial charge in [-0.15, -0.1) is 0 Å². The molecule has 0 aliphatic carbocycles. The molecule has 0 aromatic carbocycles. The van der Waals surface area contributed by atoms with E-state index in [4.69, 9.17) is 0 Å². The molecule has 2 rings (SSSR count). The molecule has 0 spiro atoms. The Hall–Kier alpha value is -0.610. The Bertz CT molecular complexity index is 227. The summed E-state index contributed by atoms with van der Waals surface area (Å²) in [4.78, 5) is 13.7. The second-order valence-corrected chi connectivity index (χ2v) is 4.68. The van der Waals surface area contributed by atoms with Gasteiger partial charge < -0.3 is 15.3 Å². The number of aliphatic hydroxyl groups excluding tert-OH is 1. The number of likely N-dealkylation sites (tertiary alicyclic amines) is 1. The van der Waals surface area contributed by atoms with Crippen LogP contribution in [0.25, 0.3) is 0 Å². The first-order chi connectivity index (χ1) is 7.25. The summed E-state index contributed by atoms with van der Waals surface area (Å²) in [6.07, 6.45) is 3.36. The molecule has 86 valence electrons. The lowest BCUT2D eigenvalue weighted by molar-refractivity contribution is -0.131. The van der Waals surface area contributed by atoms with Crippen LogP contribution in [0.2, 0.25) is 0 Å². The van der Waals surface area contributed by atoms with E-state index in [1.807, 2.05) is 4.90 Å². The van der Waals surface area contributed by atoms with Crippen molar-refractivity contribution < 1.29 is 9.90 Å². The molecule has 1 atom stereocenters. The number of β-amino-alcohol motifs (C(OH)–C–C–N with tert-alkyl or cyclic N) is 1. The quantitative estimate of drug-likeness (QED) is 0.676. The number of carbonyl (C=O) groups is 1. The Morgan fingerprint density at radius 1 is 1.33 bits per heavy atom. The second-order valence-electron chi connectivity index (χ2n) is 4.68. The normalized spacial score (nSPS) is 28.3. The Morgan fingerprint density at radius 2 is 2.07 bits per heavy atom. The molecule has 0 aromatic rings. The predicted molar refractivity (Wildman–Crippen MR) is 57.4 cm³/mol. The van der Waals surface area contributed by atoms with E-state index in [0.29, 0.717) is 18.9 Å². The van der Waals surface area contributed by atoms with Crippen LogP contribution in [0.1, 0.15) is 25.7 Å². The van der Waals surface area contributed by atoms with Crippen molar-refractivity contribution >= 4 is 5.91 Å². The maximum absolute atomic E-state index is 11.9. The molecule has 4 nitrogen and oxygen atoms in total. The van der Waals surface area contributed by atoms with Gasteiger partial charge in [0.05, 0.1) is 6.10 Å². The van der Waals surface area contributed by atoms with Gasteiger partial charge in [-0.05, 0) is 38.3 Å². The first-order valence-electron chi connectivity index (χ1n) is 5.92. The number of aliphatic hydroxyl groups is 1. The van der Waals surface area contributed by atoms with Crippen molar-refractivity contribution in [3.05, 3.63) is 0 Å². The van der Waals surface area contributed by atoms with E-state index in [-0.39, 0.29) is 12.0 Å². The summed E-state index contributed by atoms with van der Waals surface area (Å²) in [5.41, 5.74) is 0. The zero-order valence-corrected chi connectivity index (χ0v) is 9.11. The molecular formula is C11H20N2O2. The summed E-state index contributed by atoms with van der Waals surface area (Å²) in [7, 11) is 0. The third kappa shape index (κ3) is 2.92. The minimum atomic E-state index is -0.290. The lowest BCUT2D eigenvalue weighted by atomic mass is 9.94. The molecular weight excluding hydrogens is 192 g/mol. The predicted octanol–water partition coefficient (Wildman–Crippen LogP) is -0.0307. The number of hydrogen-bond acceptors (Lipinski definition) is 3. The Balaban J connectivity index is 1.76. The number of carbonyl (C=O) groups excluding carboxylic acids is 1. The summed E-state index contributed by atoms with van der Waals surface area (Å²) in [5, 5.41) is 12.7. The average molecular weight is 212 g/mol. The number of hydrogen-bond donors (Lipinski definition) is 2. The van der Waals surface area contributed by atoms with Gasteiger partial charge in [-0.1, -0.05) is 0 Å². The lowest BCUT2D eigenvalue weighted by Crippen LogP contribution is -2.34. The molecule has 2 fully saturated rings. The number of rotatable bonds is 2. The van der Waals surface area contributed by atoms with E-state index in [2.05, 4.69) is 5.32 Å². The van der Waals surface area contributed by atoms with Crippen LogP contribution in [0.4, 0.5) is 0 Å². The van der Waals surface area contributed by atoms with Gasteiger partial charge in [-0.25, -0.2) is 0 Å². The summed E-state index contributed by atoms with van der Waals surface area (Å²) in [6, 6.07) is 0. The van der Waals surface area contributed by atoms with E-state index in [1.54, 1.807) is 0 Å². The van der Waals surface area contributed by atoms with Crippen LogP contribution in [0.15, 0.2) is 0 Å². The van der Waals surface area contributed by atoms with Crippen molar-refractivity contribution in [3.63, 3.8) is 0 Å². The van der Waals surface area contributed by atoms with Gasteiger partial charge in [0.25, 0.3) is 0 Å². The molecule has 1 amide bonds. The summed E-state index contributed by atoms with van der Waals surface area (Å²) in [6.45, 7) is 3.37. The number of amides is 1. The first-order valence-corrected chi connectivity index (χ1v) is 5.92. The molecule has 0 saturated carbocycles. The zero-order valence-electron chi connectivity index (χ0n) is 9.11. The zero-order chi connectivity index (χ0) is 10.7. The van der Waals surface area contributed by atoms with E-state index in [0.717, 1.165) is 38.9 Å². The highest BCUT2D eigenvalue weighted by Gasteiger charge is 2.26. The van der Waals surface area contributed by atoms with Crippen LogP contribution in [-0.4, -0.2) is 48.2 Å². The van der Waals surface area contributed by atoms with Crippen LogP contribution in [0, 0.1) is 5.92 Å². The maximum atomic E-state index is 11.9. The lowest BCUT2D eigenvalue weighted by Gasteiger charge is -2.24. The fourth-order valence-electron chi connectivity index (χ4n) is 2.43. The standard InChI is InChI=1S/C11H20N2O2/c14-10-3-6-13(8-10)11(15)7-9-1-4-12-5-2-9/h9-10,12,14H,1-8H2/t10-/m1/s1. The monoisotopic (exact) mass is 212 g/mol.